The Morgan fingerprint density at radius 1 is 1.46 bits per heavy atom. The molecule has 1 amide bonds. The Morgan fingerprint density at radius 2 is 2.00 bits per heavy atom. The number of carbonyl (C=O) groups is 1. The van der Waals surface area contributed by atoms with Crippen LogP contribution in [0.15, 0.2) is 0 Å². The van der Waals surface area contributed by atoms with Crippen LogP contribution in [-0.2, 0) is 0 Å². The quantitative estimate of drug-likeness (QED) is 0.697. The van der Waals surface area contributed by atoms with E-state index in [1.807, 2.05) is 27.8 Å². The van der Waals surface area contributed by atoms with Crippen LogP contribution < -0.4 is 5.32 Å². The molecule has 0 aliphatic heterocycles. The first-order valence-electron chi connectivity index (χ1n) is 4.49. The minimum absolute atomic E-state index is 0.0200. The Hall–Kier alpha value is -0.770. The molecule has 0 unspecified atom stereocenters. The molecule has 0 rings (SSSR count). The fourth-order valence-corrected chi connectivity index (χ4v) is 1.06. The van der Waals surface area contributed by atoms with Gasteiger partial charge in [-0.25, -0.2) is 4.79 Å². The average molecular weight is 188 g/mol. The van der Waals surface area contributed by atoms with Gasteiger partial charge in [-0.05, 0) is 12.5 Å². The molecular formula is C9H20N2O2. The summed E-state index contributed by atoms with van der Waals surface area (Å²) < 4.78 is 0. The standard InChI is InChI=1S/C9H20N2O2/c1-9(2,3)7-11(8(12)13)6-5-10-4/h10H,5-7H2,1-4H3,(H,12,13). The number of hydrogen-bond donors (Lipinski definition) is 2. The molecule has 0 fully saturated rings. The molecule has 0 radical (unpaired) electrons. The van der Waals surface area contributed by atoms with Crippen molar-refractivity contribution < 1.29 is 9.90 Å². The molecule has 0 aromatic rings. The molecule has 0 bridgehead atoms. The summed E-state index contributed by atoms with van der Waals surface area (Å²) >= 11 is 0. The van der Waals surface area contributed by atoms with Gasteiger partial charge in [0.05, 0.1) is 0 Å². The third kappa shape index (κ3) is 6.40. The molecule has 13 heavy (non-hydrogen) atoms. The van der Waals surface area contributed by atoms with Crippen molar-refractivity contribution >= 4 is 6.09 Å². The predicted molar refractivity (Wildman–Crippen MR) is 53.0 cm³/mol. The lowest BCUT2D eigenvalue weighted by Crippen LogP contribution is -2.40. The van der Waals surface area contributed by atoms with Gasteiger partial charge in [0, 0.05) is 19.6 Å². The maximum absolute atomic E-state index is 10.8. The van der Waals surface area contributed by atoms with E-state index in [1.165, 1.54) is 4.90 Å². The molecule has 0 saturated heterocycles. The third-order valence-corrected chi connectivity index (χ3v) is 1.57. The summed E-state index contributed by atoms with van der Waals surface area (Å²) in [5.74, 6) is 0. The zero-order chi connectivity index (χ0) is 10.5. The monoisotopic (exact) mass is 188 g/mol. The van der Waals surface area contributed by atoms with Crippen molar-refractivity contribution in [1.82, 2.24) is 10.2 Å². The summed E-state index contributed by atoms with van der Waals surface area (Å²) in [6.45, 7) is 7.91. The van der Waals surface area contributed by atoms with Crippen LogP contribution in [-0.4, -0.2) is 42.8 Å². The van der Waals surface area contributed by atoms with Gasteiger partial charge in [0.1, 0.15) is 0 Å². The first kappa shape index (κ1) is 12.2. The van der Waals surface area contributed by atoms with Crippen molar-refractivity contribution in [2.45, 2.75) is 20.8 Å². The summed E-state index contributed by atoms with van der Waals surface area (Å²) in [7, 11) is 1.82. The molecule has 4 nitrogen and oxygen atoms in total. The summed E-state index contributed by atoms with van der Waals surface area (Å²) in [5.41, 5.74) is 0.0200. The molecular weight excluding hydrogens is 168 g/mol. The zero-order valence-corrected chi connectivity index (χ0v) is 8.92. The van der Waals surface area contributed by atoms with Crippen LogP contribution >= 0.6 is 0 Å². The minimum Gasteiger partial charge on any atom is -0.465 e. The van der Waals surface area contributed by atoms with E-state index in [4.69, 9.17) is 5.11 Å². The average Bonchev–Trinajstić information content (AvgIpc) is 1.95. The number of hydrogen-bond acceptors (Lipinski definition) is 2. The van der Waals surface area contributed by atoms with Crippen LogP contribution in [0.4, 0.5) is 4.79 Å². The fourth-order valence-electron chi connectivity index (χ4n) is 1.06. The molecule has 0 heterocycles. The van der Waals surface area contributed by atoms with Crippen molar-refractivity contribution in [3.63, 3.8) is 0 Å². The maximum atomic E-state index is 10.8. The first-order valence-corrected chi connectivity index (χ1v) is 4.49. The van der Waals surface area contributed by atoms with Gasteiger partial charge in [-0.3, -0.25) is 0 Å². The number of nitrogens with one attached hydrogen (secondary N) is 1. The lowest BCUT2D eigenvalue weighted by Gasteiger charge is -2.27. The number of rotatable bonds is 4. The van der Waals surface area contributed by atoms with E-state index in [9.17, 15) is 4.79 Å². The molecule has 78 valence electrons. The maximum Gasteiger partial charge on any atom is 0.407 e. The highest BCUT2D eigenvalue weighted by molar-refractivity contribution is 5.64. The highest BCUT2D eigenvalue weighted by atomic mass is 16.4. The molecule has 0 spiro atoms. The Bertz CT molecular complexity index is 163. The van der Waals surface area contributed by atoms with E-state index < -0.39 is 6.09 Å². The van der Waals surface area contributed by atoms with E-state index in [0.29, 0.717) is 19.6 Å². The summed E-state index contributed by atoms with van der Waals surface area (Å²) in [6.07, 6.45) is -0.842. The lowest BCUT2D eigenvalue weighted by molar-refractivity contribution is 0.127. The Balaban J connectivity index is 4.03. The molecule has 0 atom stereocenters. The van der Waals surface area contributed by atoms with Gasteiger partial charge in [-0.2, -0.15) is 0 Å². The van der Waals surface area contributed by atoms with Crippen molar-refractivity contribution in [2.24, 2.45) is 5.41 Å². The Labute approximate surface area is 79.9 Å². The second-order valence-electron chi connectivity index (χ2n) is 4.37. The topological polar surface area (TPSA) is 52.6 Å². The normalized spacial score (nSPS) is 11.4. The highest BCUT2D eigenvalue weighted by Crippen LogP contribution is 2.14. The summed E-state index contributed by atoms with van der Waals surface area (Å²) in [6, 6.07) is 0. The lowest BCUT2D eigenvalue weighted by atomic mass is 9.96. The molecule has 0 saturated carbocycles. The molecule has 2 N–H and O–H groups in total. The molecule has 0 aliphatic rings. The smallest absolute Gasteiger partial charge is 0.407 e. The van der Waals surface area contributed by atoms with Crippen molar-refractivity contribution in [2.75, 3.05) is 26.7 Å². The number of carboxylic acid groups (broad SMARTS) is 1. The van der Waals surface area contributed by atoms with Crippen LogP contribution in [0, 0.1) is 5.41 Å². The second kappa shape index (κ2) is 5.07. The largest absolute Gasteiger partial charge is 0.465 e. The molecule has 0 aliphatic carbocycles. The van der Waals surface area contributed by atoms with Crippen LogP contribution in [0.1, 0.15) is 20.8 Å². The first-order chi connectivity index (χ1) is 5.87. The fraction of sp³-hybridized carbons (Fsp3) is 0.889. The van der Waals surface area contributed by atoms with Gasteiger partial charge in [0.2, 0.25) is 0 Å². The van der Waals surface area contributed by atoms with E-state index in [2.05, 4.69) is 5.32 Å². The van der Waals surface area contributed by atoms with Gasteiger partial charge in [0.15, 0.2) is 0 Å². The van der Waals surface area contributed by atoms with Crippen LogP contribution in [0.3, 0.4) is 0 Å². The molecule has 0 aromatic carbocycles. The van der Waals surface area contributed by atoms with Crippen LogP contribution in [0.2, 0.25) is 0 Å². The van der Waals surface area contributed by atoms with E-state index in [-0.39, 0.29) is 5.41 Å². The van der Waals surface area contributed by atoms with Gasteiger partial charge in [-0.1, -0.05) is 20.8 Å². The molecule has 0 aromatic heterocycles. The highest BCUT2D eigenvalue weighted by Gasteiger charge is 2.19. The molecule has 4 heteroatoms. The Morgan fingerprint density at radius 3 is 2.31 bits per heavy atom. The zero-order valence-electron chi connectivity index (χ0n) is 8.92. The third-order valence-electron chi connectivity index (χ3n) is 1.57. The van der Waals surface area contributed by atoms with Gasteiger partial charge < -0.3 is 15.3 Å². The minimum atomic E-state index is -0.842. The second-order valence-corrected chi connectivity index (χ2v) is 4.37. The number of nitrogens with zero attached hydrogens (tertiary/aromatic N) is 1. The summed E-state index contributed by atoms with van der Waals surface area (Å²) in [5, 5.41) is 11.8. The van der Waals surface area contributed by atoms with Gasteiger partial charge in [0.25, 0.3) is 0 Å². The summed E-state index contributed by atoms with van der Waals surface area (Å²) in [4.78, 5) is 12.2. The van der Waals surface area contributed by atoms with E-state index in [0.717, 1.165) is 0 Å². The number of amides is 1. The van der Waals surface area contributed by atoms with Crippen molar-refractivity contribution in [3.05, 3.63) is 0 Å². The van der Waals surface area contributed by atoms with Crippen molar-refractivity contribution in [1.29, 1.82) is 0 Å². The van der Waals surface area contributed by atoms with Crippen LogP contribution in [0.5, 0.6) is 0 Å². The number of likely N-dealkylation sites (N-methyl/N-ethyl adjacent to an activating group) is 1. The van der Waals surface area contributed by atoms with Crippen LogP contribution in [0.25, 0.3) is 0 Å². The predicted octanol–water partition coefficient (Wildman–Crippen LogP) is 1.23. The van der Waals surface area contributed by atoms with E-state index >= 15 is 0 Å². The SMILES string of the molecule is CNCCN(CC(C)(C)C)C(=O)O. The van der Waals surface area contributed by atoms with Crippen molar-refractivity contribution in [3.8, 4) is 0 Å². The Kier molecular flexibility index (Phi) is 4.77. The van der Waals surface area contributed by atoms with E-state index in [1.54, 1.807) is 0 Å². The van der Waals surface area contributed by atoms with Gasteiger partial charge >= 0.3 is 6.09 Å². The van der Waals surface area contributed by atoms with Gasteiger partial charge in [-0.15, -0.1) is 0 Å².